The van der Waals surface area contributed by atoms with Gasteiger partial charge in [0.2, 0.25) is 0 Å². The van der Waals surface area contributed by atoms with E-state index < -0.39 is 5.60 Å². The zero-order valence-corrected chi connectivity index (χ0v) is 12.6. The molecule has 0 fully saturated rings. The maximum Gasteiger partial charge on any atom is 0.319 e. The average molecular weight is 268 g/mol. The minimum Gasteiger partial charge on any atom is -0.459 e. The number of esters is 1. The van der Waals surface area contributed by atoms with E-state index in [2.05, 4.69) is 9.97 Å². The van der Waals surface area contributed by atoms with Crippen molar-refractivity contribution in [1.82, 2.24) is 9.97 Å². The summed E-state index contributed by atoms with van der Waals surface area (Å²) in [5.41, 5.74) is 1.35. The summed E-state index contributed by atoms with van der Waals surface area (Å²) in [6.45, 7) is 11.2. The fourth-order valence-electron chi connectivity index (χ4n) is 1.34. The summed E-state index contributed by atoms with van der Waals surface area (Å²) in [4.78, 5) is 20.4. The highest BCUT2D eigenvalue weighted by Gasteiger charge is 2.23. The van der Waals surface area contributed by atoms with Gasteiger partial charge in [-0.25, -0.2) is 9.97 Å². The van der Waals surface area contributed by atoms with Crippen molar-refractivity contribution in [2.75, 3.05) is 0 Å². The van der Waals surface area contributed by atoms with Crippen molar-refractivity contribution in [2.45, 2.75) is 57.5 Å². The highest BCUT2D eigenvalue weighted by Crippen LogP contribution is 2.22. The summed E-state index contributed by atoms with van der Waals surface area (Å²) in [7, 11) is 0. The molecule has 5 heteroatoms. The molecule has 1 atom stereocenters. The second kappa shape index (κ2) is 5.69. The Morgan fingerprint density at radius 1 is 1.28 bits per heavy atom. The minimum atomic E-state index is -0.463. The van der Waals surface area contributed by atoms with Crippen molar-refractivity contribution in [2.24, 2.45) is 0 Å². The van der Waals surface area contributed by atoms with Crippen LogP contribution in [0.1, 0.15) is 39.1 Å². The fraction of sp³-hybridized carbons (Fsp3) is 0.615. The highest BCUT2D eigenvalue weighted by atomic mass is 32.2. The number of nitrogens with zero attached hydrogens (tertiary/aromatic N) is 2. The fourth-order valence-corrected chi connectivity index (χ4v) is 2.19. The van der Waals surface area contributed by atoms with E-state index in [9.17, 15) is 4.79 Å². The molecule has 1 aromatic rings. The first-order chi connectivity index (χ1) is 8.17. The van der Waals surface area contributed by atoms with E-state index in [1.807, 2.05) is 40.7 Å². The van der Waals surface area contributed by atoms with E-state index in [1.54, 1.807) is 6.92 Å². The Morgan fingerprint density at radius 3 is 2.22 bits per heavy atom. The molecule has 0 aliphatic carbocycles. The van der Waals surface area contributed by atoms with Gasteiger partial charge in [-0.3, -0.25) is 4.79 Å². The van der Waals surface area contributed by atoms with Crippen LogP contribution in [0, 0.1) is 13.8 Å². The van der Waals surface area contributed by atoms with Crippen LogP contribution >= 0.6 is 11.8 Å². The lowest BCUT2D eigenvalue weighted by Gasteiger charge is -2.21. The second-order valence-corrected chi connectivity index (χ2v) is 6.53. The van der Waals surface area contributed by atoms with E-state index in [-0.39, 0.29) is 11.2 Å². The lowest BCUT2D eigenvalue weighted by Crippen LogP contribution is -2.28. The summed E-state index contributed by atoms with van der Waals surface area (Å²) in [6.07, 6.45) is 0. The van der Waals surface area contributed by atoms with Gasteiger partial charge in [-0.2, -0.15) is 0 Å². The molecule has 1 aromatic heterocycles. The number of rotatable bonds is 3. The third kappa shape index (κ3) is 5.04. The molecule has 0 amide bonds. The molecule has 0 bridgehead atoms. The van der Waals surface area contributed by atoms with Crippen molar-refractivity contribution in [3.63, 3.8) is 0 Å². The first-order valence-corrected chi connectivity index (χ1v) is 6.77. The van der Waals surface area contributed by atoms with Crippen molar-refractivity contribution in [3.05, 3.63) is 17.5 Å². The Bertz CT molecular complexity index is 421. The molecule has 4 nitrogen and oxygen atoms in total. The van der Waals surface area contributed by atoms with E-state index in [0.717, 1.165) is 11.4 Å². The van der Waals surface area contributed by atoms with Crippen molar-refractivity contribution in [1.29, 1.82) is 0 Å². The number of aryl methyl sites for hydroxylation is 2. The van der Waals surface area contributed by atoms with Crippen LogP contribution in [0.25, 0.3) is 0 Å². The van der Waals surface area contributed by atoms with Crippen LogP contribution in [-0.4, -0.2) is 26.8 Å². The average Bonchev–Trinajstić information content (AvgIpc) is 2.12. The minimum absolute atomic E-state index is 0.241. The number of hydrogen-bond acceptors (Lipinski definition) is 5. The molecular weight excluding hydrogens is 248 g/mol. The molecule has 0 aromatic carbocycles. The third-order valence-corrected chi connectivity index (χ3v) is 2.92. The maximum absolute atomic E-state index is 11.8. The van der Waals surface area contributed by atoms with Gasteiger partial charge < -0.3 is 4.74 Å². The standard InChI is InChI=1S/C13H20N2O2S/c1-8-7-9(2)15-12(14-8)18-10(3)11(16)17-13(4,5)6/h7,10H,1-6H3. The SMILES string of the molecule is Cc1cc(C)nc(SC(C)C(=O)OC(C)(C)C)n1. The largest absolute Gasteiger partial charge is 0.459 e. The van der Waals surface area contributed by atoms with Crippen LogP contribution < -0.4 is 0 Å². The van der Waals surface area contributed by atoms with Gasteiger partial charge in [0.15, 0.2) is 5.16 Å². The highest BCUT2D eigenvalue weighted by molar-refractivity contribution is 8.00. The van der Waals surface area contributed by atoms with Gasteiger partial charge in [0.25, 0.3) is 0 Å². The van der Waals surface area contributed by atoms with Gasteiger partial charge in [0, 0.05) is 11.4 Å². The molecule has 100 valence electrons. The van der Waals surface area contributed by atoms with Crippen molar-refractivity contribution in [3.8, 4) is 0 Å². The monoisotopic (exact) mass is 268 g/mol. The lowest BCUT2D eigenvalue weighted by molar-refractivity contribution is -0.153. The number of carbonyl (C=O) groups is 1. The Hall–Kier alpha value is -1.10. The van der Waals surface area contributed by atoms with Gasteiger partial charge in [0.1, 0.15) is 10.9 Å². The molecular formula is C13H20N2O2S. The second-order valence-electron chi connectivity index (χ2n) is 5.23. The zero-order chi connectivity index (χ0) is 13.9. The summed E-state index contributed by atoms with van der Waals surface area (Å²) < 4.78 is 5.32. The lowest BCUT2D eigenvalue weighted by atomic mass is 10.2. The van der Waals surface area contributed by atoms with Crippen LogP contribution in [0.5, 0.6) is 0 Å². The predicted octanol–water partition coefficient (Wildman–Crippen LogP) is 2.92. The molecule has 1 heterocycles. The molecule has 0 aliphatic rings. The van der Waals surface area contributed by atoms with Crippen molar-refractivity contribution >= 4 is 17.7 Å². The van der Waals surface area contributed by atoms with Crippen LogP contribution in [0.15, 0.2) is 11.2 Å². The van der Waals surface area contributed by atoms with Crippen LogP contribution in [-0.2, 0) is 9.53 Å². The molecule has 1 unspecified atom stereocenters. The topological polar surface area (TPSA) is 52.1 Å². The van der Waals surface area contributed by atoms with Gasteiger partial charge in [-0.1, -0.05) is 11.8 Å². The van der Waals surface area contributed by atoms with Crippen molar-refractivity contribution < 1.29 is 9.53 Å². The van der Waals surface area contributed by atoms with Crippen LogP contribution in [0.4, 0.5) is 0 Å². The first kappa shape index (κ1) is 15.0. The summed E-state index contributed by atoms with van der Waals surface area (Å²) in [5, 5.41) is 0.302. The van der Waals surface area contributed by atoms with Gasteiger partial charge >= 0.3 is 5.97 Å². The van der Waals surface area contributed by atoms with Gasteiger partial charge in [0.05, 0.1) is 0 Å². The van der Waals surface area contributed by atoms with Gasteiger partial charge in [-0.15, -0.1) is 0 Å². The maximum atomic E-state index is 11.8. The van der Waals surface area contributed by atoms with E-state index in [1.165, 1.54) is 11.8 Å². The Labute approximate surface area is 113 Å². The number of carbonyl (C=O) groups excluding carboxylic acids is 1. The van der Waals surface area contributed by atoms with Crippen LogP contribution in [0.3, 0.4) is 0 Å². The molecule has 0 radical (unpaired) electrons. The molecule has 0 saturated carbocycles. The van der Waals surface area contributed by atoms with Crippen LogP contribution in [0.2, 0.25) is 0 Å². The summed E-state index contributed by atoms with van der Waals surface area (Å²) in [5.74, 6) is -0.241. The third-order valence-electron chi connectivity index (χ3n) is 1.98. The molecule has 18 heavy (non-hydrogen) atoms. The van der Waals surface area contributed by atoms with E-state index in [4.69, 9.17) is 4.74 Å². The number of ether oxygens (including phenoxy) is 1. The normalized spacial score (nSPS) is 13.2. The number of hydrogen-bond donors (Lipinski definition) is 0. The smallest absolute Gasteiger partial charge is 0.319 e. The molecule has 0 saturated heterocycles. The quantitative estimate of drug-likeness (QED) is 0.479. The first-order valence-electron chi connectivity index (χ1n) is 5.89. The number of aromatic nitrogens is 2. The van der Waals surface area contributed by atoms with E-state index in [0.29, 0.717) is 5.16 Å². The molecule has 0 N–H and O–H groups in total. The summed E-state index contributed by atoms with van der Waals surface area (Å²) in [6, 6.07) is 1.90. The molecule has 0 spiro atoms. The Morgan fingerprint density at radius 2 is 1.78 bits per heavy atom. The van der Waals surface area contributed by atoms with E-state index >= 15 is 0 Å². The van der Waals surface area contributed by atoms with Gasteiger partial charge in [-0.05, 0) is 47.6 Å². The predicted molar refractivity (Wildman–Crippen MR) is 72.7 cm³/mol. The molecule has 0 aliphatic heterocycles. The Balaban J connectivity index is 2.69. The zero-order valence-electron chi connectivity index (χ0n) is 11.8. The molecule has 1 rings (SSSR count). The Kier molecular flexibility index (Phi) is 4.73. The summed E-state index contributed by atoms with van der Waals surface area (Å²) >= 11 is 1.32. The number of thioether (sulfide) groups is 1.